The van der Waals surface area contributed by atoms with E-state index in [0.717, 1.165) is 5.69 Å². The molecule has 1 fully saturated rings. The van der Waals surface area contributed by atoms with Gasteiger partial charge in [0, 0.05) is 13.2 Å². The Morgan fingerprint density at radius 3 is 2.73 bits per heavy atom. The van der Waals surface area contributed by atoms with Crippen LogP contribution in [-0.2, 0) is 26.9 Å². The first-order chi connectivity index (χ1) is 6.94. The number of aryl methyl sites for hydroxylation is 1. The summed E-state index contributed by atoms with van der Waals surface area (Å²) in [6.45, 7) is 3.56. The highest BCUT2D eigenvalue weighted by atomic mass is 16.7. The third kappa shape index (κ3) is 1.19. The molecule has 15 heavy (non-hydrogen) atoms. The van der Waals surface area contributed by atoms with Crippen molar-refractivity contribution in [3.05, 3.63) is 18.2 Å². The Bertz CT molecular complexity index is 415. The van der Waals surface area contributed by atoms with Crippen LogP contribution in [0.15, 0.2) is 12.5 Å². The van der Waals surface area contributed by atoms with Crippen LogP contribution in [0.3, 0.4) is 0 Å². The number of hydrogen-bond acceptors (Lipinski definition) is 4. The van der Waals surface area contributed by atoms with E-state index in [0.29, 0.717) is 0 Å². The monoisotopic (exact) mass is 210 g/mol. The molecule has 2 heterocycles. The second-order valence-corrected chi connectivity index (χ2v) is 4.08. The first-order valence-corrected chi connectivity index (χ1v) is 4.71. The Hall–Kier alpha value is -1.36. The van der Waals surface area contributed by atoms with Crippen molar-refractivity contribution in [2.24, 2.45) is 7.05 Å². The Morgan fingerprint density at radius 2 is 2.27 bits per heavy atom. The number of aromatic nitrogens is 2. The predicted octanol–water partition coefficient (Wildman–Crippen LogP) is 0.597. The summed E-state index contributed by atoms with van der Waals surface area (Å²) in [6, 6.07) is 0. The van der Waals surface area contributed by atoms with E-state index < -0.39 is 11.2 Å². The highest BCUT2D eigenvalue weighted by molar-refractivity contribution is 5.84. The number of esters is 1. The third-order valence-corrected chi connectivity index (χ3v) is 3.05. The van der Waals surface area contributed by atoms with Crippen molar-refractivity contribution in [1.29, 1.82) is 0 Å². The van der Waals surface area contributed by atoms with Crippen LogP contribution in [0.5, 0.6) is 0 Å². The molecule has 0 saturated carbocycles. The Balaban J connectivity index is 2.30. The Labute approximate surface area is 88.0 Å². The van der Waals surface area contributed by atoms with Crippen LogP contribution < -0.4 is 0 Å². The SMILES string of the molecule is COC(=O)C1(C)OC1(C)c1cn(C)cn1. The van der Waals surface area contributed by atoms with Crippen LogP contribution in [-0.4, -0.2) is 28.2 Å². The van der Waals surface area contributed by atoms with E-state index in [-0.39, 0.29) is 5.97 Å². The number of ether oxygens (including phenoxy) is 2. The Kier molecular flexibility index (Phi) is 1.91. The summed E-state index contributed by atoms with van der Waals surface area (Å²) in [5.74, 6) is -0.365. The minimum absolute atomic E-state index is 0.365. The first kappa shape index (κ1) is 10.2. The lowest BCUT2D eigenvalue weighted by molar-refractivity contribution is -0.146. The highest BCUT2D eigenvalue weighted by Crippen LogP contribution is 2.55. The lowest BCUT2D eigenvalue weighted by Gasteiger charge is -2.07. The third-order valence-electron chi connectivity index (χ3n) is 3.05. The van der Waals surface area contributed by atoms with E-state index in [1.54, 1.807) is 13.3 Å². The molecule has 2 rings (SSSR count). The van der Waals surface area contributed by atoms with Crippen molar-refractivity contribution in [1.82, 2.24) is 9.55 Å². The van der Waals surface area contributed by atoms with E-state index in [1.165, 1.54) is 7.11 Å². The molecule has 1 saturated heterocycles. The van der Waals surface area contributed by atoms with Gasteiger partial charge in [-0.3, -0.25) is 0 Å². The number of epoxide rings is 1. The molecule has 1 aliphatic rings. The van der Waals surface area contributed by atoms with Crippen LogP contribution in [0.25, 0.3) is 0 Å². The van der Waals surface area contributed by atoms with Crippen molar-refractivity contribution >= 4 is 5.97 Å². The van der Waals surface area contributed by atoms with Crippen molar-refractivity contribution in [2.45, 2.75) is 25.0 Å². The molecule has 0 radical (unpaired) electrons. The maximum absolute atomic E-state index is 11.5. The molecule has 2 atom stereocenters. The molecular formula is C10H14N2O3. The lowest BCUT2D eigenvalue weighted by atomic mass is 9.93. The zero-order valence-corrected chi connectivity index (χ0v) is 9.27. The molecule has 0 bridgehead atoms. The number of carbonyl (C=O) groups is 1. The fourth-order valence-electron chi connectivity index (χ4n) is 1.77. The molecule has 0 N–H and O–H groups in total. The number of methoxy groups -OCH3 is 1. The van der Waals surface area contributed by atoms with Gasteiger partial charge < -0.3 is 14.0 Å². The summed E-state index contributed by atoms with van der Waals surface area (Å²) in [6.07, 6.45) is 3.52. The maximum Gasteiger partial charge on any atom is 0.341 e. The smallest absolute Gasteiger partial charge is 0.341 e. The topological polar surface area (TPSA) is 56.6 Å². The highest BCUT2D eigenvalue weighted by Gasteiger charge is 2.71. The van der Waals surface area contributed by atoms with E-state index >= 15 is 0 Å². The summed E-state index contributed by atoms with van der Waals surface area (Å²) >= 11 is 0. The van der Waals surface area contributed by atoms with Gasteiger partial charge in [0.1, 0.15) is 5.60 Å². The number of nitrogens with zero attached hydrogens (tertiary/aromatic N) is 2. The largest absolute Gasteiger partial charge is 0.467 e. The molecule has 0 aliphatic carbocycles. The van der Waals surface area contributed by atoms with Gasteiger partial charge in [-0.15, -0.1) is 0 Å². The second-order valence-electron chi connectivity index (χ2n) is 4.08. The average Bonchev–Trinajstić information content (AvgIpc) is 2.60. The van der Waals surface area contributed by atoms with Gasteiger partial charge in [0.2, 0.25) is 0 Å². The van der Waals surface area contributed by atoms with E-state index in [1.807, 2.05) is 24.7 Å². The van der Waals surface area contributed by atoms with Crippen LogP contribution in [0.2, 0.25) is 0 Å². The summed E-state index contributed by atoms with van der Waals surface area (Å²) < 4.78 is 12.0. The average molecular weight is 210 g/mol. The van der Waals surface area contributed by atoms with Gasteiger partial charge in [-0.1, -0.05) is 0 Å². The Morgan fingerprint density at radius 1 is 1.60 bits per heavy atom. The predicted molar refractivity (Wildman–Crippen MR) is 52.1 cm³/mol. The maximum atomic E-state index is 11.5. The molecule has 82 valence electrons. The number of carbonyl (C=O) groups excluding carboxylic acids is 1. The standard InChI is InChI=1S/C10H14N2O3/c1-9(7-5-12(3)6-11-7)10(2,15-9)8(13)14-4/h5-6H,1-4H3. The van der Waals surface area contributed by atoms with E-state index in [2.05, 4.69) is 4.98 Å². The summed E-state index contributed by atoms with van der Waals surface area (Å²) in [5, 5.41) is 0. The minimum Gasteiger partial charge on any atom is -0.467 e. The van der Waals surface area contributed by atoms with Crippen molar-refractivity contribution < 1.29 is 14.3 Å². The molecule has 1 aromatic rings. The van der Waals surface area contributed by atoms with Gasteiger partial charge in [-0.2, -0.15) is 0 Å². The van der Waals surface area contributed by atoms with Crippen LogP contribution >= 0.6 is 0 Å². The fourth-order valence-corrected chi connectivity index (χ4v) is 1.77. The lowest BCUT2D eigenvalue weighted by Crippen LogP contribution is -2.29. The summed E-state index contributed by atoms with van der Waals surface area (Å²) in [5.41, 5.74) is -0.824. The molecule has 0 aromatic carbocycles. The normalized spacial score (nSPS) is 33.9. The number of rotatable bonds is 2. The molecule has 5 heteroatoms. The van der Waals surface area contributed by atoms with Gasteiger partial charge in [-0.25, -0.2) is 9.78 Å². The van der Waals surface area contributed by atoms with Crippen molar-refractivity contribution in [3.8, 4) is 0 Å². The number of hydrogen-bond donors (Lipinski definition) is 0. The van der Waals surface area contributed by atoms with E-state index in [9.17, 15) is 4.79 Å². The molecule has 0 spiro atoms. The minimum atomic E-state index is -0.907. The van der Waals surface area contributed by atoms with Crippen LogP contribution in [0.4, 0.5) is 0 Å². The second kappa shape index (κ2) is 2.82. The fraction of sp³-hybridized carbons (Fsp3) is 0.600. The van der Waals surface area contributed by atoms with Gasteiger partial charge in [0.05, 0.1) is 19.1 Å². The van der Waals surface area contributed by atoms with Gasteiger partial charge in [0.15, 0.2) is 5.60 Å². The zero-order chi connectivity index (χ0) is 11.3. The summed E-state index contributed by atoms with van der Waals surface area (Å²) in [4.78, 5) is 15.7. The van der Waals surface area contributed by atoms with Gasteiger partial charge in [-0.05, 0) is 13.8 Å². The quantitative estimate of drug-likeness (QED) is 0.529. The van der Waals surface area contributed by atoms with Gasteiger partial charge in [0.25, 0.3) is 0 Å². The number of imidazole rings is 1. The van der Waals surface area contributed by atoms with Crippen LogP contribution in [0, 0.1) is 0 Å². The van der Waals surface area contributed by atoms with Gasteiger partial charge >= 0.3 is 5.97 Å². The molecule has 0 amide bonds. The van der Waals surface area contributed by atoms with Crippen molar-refractivity contribution in [2.75, 3.05) is 7.11 Å². The zero-order valence-electron chi connectivity index (χ0n) is 9.27. The first-order valence-electron chi connectivity index (χ1n) is 4.71. The van der Waals surface area contributed by atoms with E-state index in [4.69, 9.17) is 9.47 Å². The molecule has 5 nitrogen and oxygen atoms in total. The molecule has 1 aromatic heterocycles. The summed E-state index contributed by atoms with van der Waals surface area (Å²) in [7, 11) is 3.23. The molecular weight excluding hydrogens is 196 g/mol. The van der Waals surface area contributed by atoms with Crippen molar-refractivity contribution in [3.63, 3.8) is 0 Å². The molecule has 2 unspecified atom stereocenters. The molecule has 1 aliphatic heterocycles. The van der Waals surface area contributed by atoms with Crippen LogP contribution in [0.1, 0.15) is 19.5 Å².